The topological polar surface area (TPSA) is 15.3 Å². The summed E-state index contributed by atoms with van der Waals surface area (Å²) in [6.45, 7) is 15.2. The SMILES string of the molecule is CC(C)CC1CN(C(C)C(C)C)CCN1. The van der Waals surface area contributed by atoms with Crippen molar-refractivity contribution in [1.82, 2.24) is 10.2 Å². The molecule has 0 aromatic carbocycles. The largest absolute Gasteiger partial charge is 0.311 e. The Hall–Kier alpha value is -0.0800. The van der Waals surface area contributed by atoms with Crippen LogP contribution in [-0.4, -0.2) is 36.6 Å². The molecule has 1 N–H and O–H groups in total. The summed E-state index contributed by atoms with van der Waals surface area (Å²) in [6, 6.07) is 1.43. The van der Waals surface area contributed by atoms with Crippen LogP contribution in [0.1, 0.15) is 41.0 Å². The Labute approximate surface area is 95.4 Å². The molecule has 1 saturated heterocycles. The lowest BCUT2D eigenvalue weighted by atomic mass is 9.98. The molecule has 0 aromatic rings. The summed E-state index contributed by atoms with van der Waals surface area (Å²) in [7, 11) is 0. The minimum atomic E-state index is 0.708. The summed E-state index contributed by atoms with van der Waals surface area (Å²) in [5.41, 5.74) is 0. The van der Waals surface area contributed by atoms with E-state index in [4.69, 9.17) is 0 Å². The van der Waals surface area contributed by atoms with Gasteiger partial charge in [0.15, 0.2) is 0 Å². The van der Waals surface area contributed by atoms with Gasteiger partial charge in [-0.05, 0) is 25.2 Å². The van der Waals surface area contributed by atoms with E-state index >= 15 is 0 Å². The highest BCUT2D eigenvalue weighted by atomic mass is 15.2. The molecule has 0 aliphatic carbocycles. The Bertz CT molecular complexity index is 177. The van der Waals surface area contributed by atoms with Crippen LogP contribution in [-0.2, 0) is 0 Å². The van der Waals surface area contributed by atoms with Gasteiger partial charge in [0.2, 0.25) is 0 Å². The fourth-order valence-corrected chi connectivity index (χ4v) is 2.37. The van der Waals surface area contributed by atoms with E-state index in [2.05, 4.69) is 44.8 Å². The number of nitrogens with one attached hydrogen (secondary N) is 1. The van der Waals surface area contributed by atoms with E-state index in [0.29, 0.717) is 6.04 Å². The normalized spacial score (nSPS) is 26.2. The summed E-state index contributed by atoms with van der Waals surface area (Å²) in [5, 5.41) is 3.63. The molecule has 2 heteroatoms. The third kappa shape index (κ3) is 4.12. The Morgan fingerprint density at radius 1 is 1.20 bits per heavy atom. The van der Waals surface area contributed by atoms with Gasteiger partial charge in [0.25, 0.3) is 0 Å². The first-order chi connectivity index (χ1) is 7.00. The number of rotatable bonds is 4. The molecule has 1 fully saturated rings. The van der Waals surface area contributed by atoms with Gasteiger partial charge < -0.3 is 5.32 Å². The zero-order valence-corrected chi connectivity index (χ0v) is 11.1. The average Bonchev–Trinajstić information content (AvgIpc) is 2.16. The van der Waals surface area contributed by atoms with Crippen LogP contribution < -0.4 is 5.32 Å². The van der Waals surface area contributed by atoms with Crippen LogP contribution in [0.15, 0.2) is 0 Å². The van der Waals surface area contributed by atoms with Gasteiger partial charge in [-0.3, -0.25) is 4.90 Å². The van der Waals surface area contributed by atoms with Crippen molar-refractivity contribution < 1.29 is 0 Å². The van der Waals surface area contributed by atoms with Crippen LogP contribution in [0.25, 0.3) is 0 Å². The molecule has 2 unspecified atom stereocenters. The number of hydrogen-bond acceptors (Lipinski definition) is 2. The fraction of sp³-hybridized carbons (Fsp3) is 1.00. The number of piperazine rings is 1. The van der Waals surface area contributed by atoms with Gasteiger partial charge in [-0.15, -0.1) is 0 Å². The van der Waals surface area contributed by atoms with Crippen LogP contribution in [0.5, 0.6) is 0 Å². The van der Waals surface area contributed by atoms with Crippen molar-refractivity contribution >= 4 is 0 Å². The summed E-state index contributed by atoms with van der Waals surface area (Å²) < 4.78 is 0. The maximum absolute atomic E-state index is 3.63. The number of nitrogens with zero attached hydrogens (tertiary/aromatic N) is 1. The van der Waals surface area contributed by atoms with Crippen molar-refractivity contribution in [1.29, 1.82) is 0 Å². The van der Waals surface area contributed by atoms with Crippen molar-refractivity contribution in [3.63, 3.8) is 0 Å². The van der Waals surface area contributed by atoms with E-state index in [1.54, 1.807) is 0 Å². The number of hydrogen-bond donors (Lipinski definition) is 1. The van der Waals surface area contributed by atoms with E-state index in [-0.39, 0.29) is 0 Å². The minimum Gasteiger partial charge on any atom is -0.311 e. The predicted octanol–water partition coefficient (Wildman–Crippen LogP) is 2.35. The molecule has 1 aliphatic heterocycles. The molecule has 0 radical (unpaired) electrons. The Morgan fingerprint density at radius 2 is 1.87 bits per heavy atom. The highest BCUT2D eigenvalue weighted by molar-refractivity contribution is 4.83. The van der Waals surface area contributed by atoms with Crippen LogP contribution in [0.4, 0.5) is 0 Å². The predicted molar refractivity (Wildman–Crippen MR) is 67.1 cm³/mol. The molecule has 2 nitrogen and oxygen atoms in total. The quantitative estimate of drug-likeness (QED) is 0.769. The molecule has 1 aliphatic rings. The fourth-order valence-electron chi connectivity index (χ4n) is 2.37. The molecule has 1 rings (SSSR count). The Morgan fingerprint density at radius 3 is 2.40 bits per heavy atom. The van der Waals surface area contributed by atoms with Crippen LogP contribution in [0, 0.1) is 11.8 Å². The first-order valence-corrected chi connectivity index (χ1v) is 6.48. The molecule has 2 atom stereocenters. The van der Waals surface area contributed by atoms with Crippen molar-refractivity contribution in [2.45, 2.75) is 53.1 Å². The van der Waals surface area contributed by atoms with E-state index in [0.717, 1.165) is 24.4 Å². The zero-order valence-electron chi connectivity index (χ0n) is 11.1. The Kier molecular flexibility index (Phi) is 5.07. The highest BCUT2D eigenvalue weighted by Crippen LogP contribution is 2.15. The van der Waals surface area contributed by atoms with Crippen LogP contribution in [0.2, 0.25) is 0 Å². The molecule has 0 saturated carbocycles. The molecule has 0 bridgehead atoms. The molecular weight excluding hydrogens is 184 g/mol. The lowest BCUT2D eigenvalue weighted by Gasteiger charge is -2.39. The van der Waals surface area contributed by atoms with Crippen molar-refractivity contribution in [2.24, 2.45) is 11.8 Å². The van der Waals surface area contributed by atoms with Crippen molar-refractivity contribution in [3.05, 3.63) is 0 Å². The molecule has 90 valence electrons. The van der Waals surface area contributed by atoms with Gasteiger partial charge in [-0.1, -0.05) is 27.7 Å². The van der Waals surface area contributed by atoms with Crippen molar-refractivity contribution in [3.8, 4) is 0 Å². The first kappa shape index (κ1) is 13.0. The Balaban J connectivity index is 2.41. The van der Waals surface area contributed by atoms with E-state index in [9.17, 15) is 0 Å². The van der Waals surface area contributed by atoms with E-state index in [1.165, 1.54) is 19.5 Å². The third-order valence-electron chi connectivity index (χ3n) is 3.58. The lowest BCUT2D eigenvalue weighted by Crippen LogP contribution is -2.54. The second-order valence-corrected chi connectivity index (χ2v) is 5.76. The molecule has 0 spiro atoms. The lowest BCUT2D eigenvalue weighted by molar-refractivity contribution is 0.117. The smallest absolute Gasteiger partial charge is 0.0198 e. The van der Waals surface area contributed by atoms with E-state index in [1.807, 2.05) is 0 Å². The average molecular weight is 212 g/mol. The monoisotopic (exact) mass is 212 g/mol. The second kappa shape index (κ2) is 5.86. The summed E-state index contributed by atoms with van der Waals surface area (Å²) in [5.74, 6) is 1.57. The highest BCUT2D eigenvalue weighted by Gasteiger charge is 2.24. The summed E-state index contributed by atoms with van der Waals surface area (Å²) in [4.78, 5) is 2.65. The second-order valence-electron chi connectivity index (χ2n) is 5.76. The first-order valence-electron chi connectivity index (χ1n) is 6.48. The maximum atomic E-state index is 3.63. The third-order valence-corrected chi connectivity index (χ3v) is 3.58. The van der Waals surface area contributed by atoms with Crippen LogP contribution >= 0.6 is 0 Å². The minimum absolute atomic E-state index is 0.708. The molecule has 1 heterocycles. The zero-order chi connectivity index (χ0) is 11.4. The standard InChI is InChI=1S/C13H28N2/c1-10(2)8-13-9-15(7-6-14-13)12(5)11(3)4/h10-14H,6-9H2,1-5H3. The van der Waals surface area contributed by atoms with E-state index < -0.39 is 0 Å². The molecule has 15 heavy (non-hydrogen) atoms. The summed E-state index contributed by atoms with van der Waals surface area (Å²) >= 11 is 0. The summed E-state index contributed by atoms with van der Waals surface area (Å²) in [6.07, 6.45) is 1.31. The van der Waals surface area contributed by atoms with Gasteiger partial charge in [-0.25, -0.2) is 0 Å². The molecule has 0 amide bonds. The van der Waals surface area contributed by atoms with Crippen LogP contribution in [0.3, 0.4) is 0 Å². The van der Waals surface area contributed by atoms with Crippen molar-refractivity contribution in [2.75, 3.05) is 19.6 Å². The van der Waals surface area contributed by atoms with Gasteiger partial charge in [-0.2, -0.15) is 0 Å². The molecule has 0 aromatic heterocycles. The van der Waals surface area contributed by atoms with Gasteiger partial charge in [0.1, 0.15) is 0 Å². The maximum Gasteiger partial charge on any atom is 0.0198 e. The van der Waals surface area contributed by atoms with Gasteiger partial charge >= 0.3 is 0 Å². The molecular formula is C13H28N2. The van der Waals surface area contributed by atoms with Gasteiger partial charge in [0.05, 0.1) is 0 Å². The van der Waals surface area contributed by atoms with Gasteiger partial charge in [0, 0.05) is 31.7 Å².